The molecule has 0 bridgehead atoms. The summed E-state index contributed by atoms with van der Waals surface area (Å²) in [7, 11) is 2.04. The SMILES string of the molecule is CNC1CC(C)CC(C)C1Oc1ccccc1. The topological polar surface area (TPSA) is 21.3 Å². The van der Waals surface area contributed by atoms with Crippen LogP contribution in [0.5, 0.6) is 5.75 Å². The van der Waals surface area contributed by atoms with Crippen LogP contribution in [0.25, 0.3) is 0 Å². The van der Waals surface area contributed by atoms with Crippen molar-refractivity contribution in [3.8, 4) is 5.75 Å². The first-order chi connectivity index (χ1) is 8.20. The summed E-state index contributed by atoms with van der Waals surface area (Å²) < 4.78 is 6.16. The Bertz CT molecular complexity index is 338. The van der Waals surface area contributed by atoms with Crippen molar-refractivity contribution in [2.75, 3.05) is 7.05 Å². The van der Waals surface area contributed by atoms with Crippen LogP contribution in [0.2, 0.25) is 0 Å². The summed E-state index contributed by atoms with van der Waals surface area (Å²) in [5.41, 5.74) is 0. The van der Waals surface area contributed by atoms with Gasteiger partial charge in [-0.2, -0.15) is 0 Å². The molecule has 1 aromatic rings. The Balaban J connectivity index is 2.07. The van der Waals surface area contributed by atoms with Gasteiger partial charge in [-0.25, -0.2) is 0 Å². The van der Waals surface area contributed by atoms with Crippen molar-refractivity contribution in [3.63, 3.8) is 0 Å². The lowest BCUT2D eigenvalue weighted by molar-refractivity contribution is 0.0507. The van der Waals surface area contributed by atoms with Crippen molar-refractivity contribution in [1.29, 1.82) is 0 Å². The lowest BCUT2D eigenvalue weighted by atomic mass is 9.78. The Hall–Kier alpha value is -1.02. The van der Waals surface area contributed by atoms with Crippen LogP contribution < -0.4 is 10.1 Å². The maximum Gasteiger partial charge on any atom is 0.119 e. The lowest BCUT2D eigenvalue weighted by Crippen LogP contribution is -2.49. The van der Waals surface area contributed by atoms with Crippen molar-refractivity contribution >= 4 is 0 Å². The maximum atomic E-state index is 6.16. The number of hydrogen-bond acceptors (Lipinski definition) is 2. The Morgan fingerprint density at radius 2 is 1.82 bits per heavy atom. The molecular formula is C15H23NO. The molecule has 1 aliphatic rings. The molecule has 4 unspecified atom stereocenters. The van der Waals surface area contributed by atoms with Crippen molar-refractivity contribution in [2.45, 2.75) is 38.8 Å². The fourth-order valence-electron chi connectivity index (χ4n) is 2.97. The third kappa shape index (κ3) is 3.01. The van der Waals surface area contributed by atoms with Gasteiger partial charge in [0, 0.05) is 6.04 Å². The van der Waals surface area contributed by atoms with E-state index in [0.717, 1.165) is 11.7 Å². The molecule has 2 rings (SSSR count). The van der Waals surface area contributed by atoms with Gasteiger partial charge < -0.3 is 10.1 Å². The average molecular weight is 233 g/mol. The molecule has 0 aromatic heterocycles. The summed E-state index contributed by atoms with van der Waals surface area (Å²) in [4.78, 5) is 0. The van der Waals surface area contributed by atoms with Crippen molar-refractivity contribution < 1.29 is 4.74 Å². The van der Waals surface area contributed by atoms with E-state index in [0.29, 0.717) is 18.1 Å². The molecule has 0 radical (unpaired) electrons. The maximum absolute atomic E-state index is 6.16. The fraction of sp³-hybridized carbons (Fsp3) is 0.600. The summed E-state index contributed by atoms with van der Waals surface area (Å²) in [5.74, 6) is 2.38. The van der Waals surface area contributed by atoms with Crippen LogP contribution in [-0.2, 0) is 0 Å². The van der Waals surface area contributed by atoms with Gasteiger partial charge in [-0.1, -0.05) is 32.0 Å². The third-order valence-corrected chi connectivity index (χ3v) is 3.77. The molecule has 0 spiro atoms. The van der Waals surface area contributed by atoms with E-state index in [1.165, 1.54) is 12.8 Å². The fourth-order valence-corrected chi connectivity index (χ4v) is 2.97. The Morgan fingerprint density at radius 3 is 2.47 bits per heavy atom. The third-order valence-electron chi connectivity index (χ3n) is 3.77. The molecule has 4 atom stereocenters. The number of hydrogen-bond donors (Lipinski definition) is 1. The number of nitrogens with one attached hydrogen (secondary N) is 1. The summed E-state index contributed by atoms with van der Waals surface area (Å²) in [6, 6.07) is 10.6. The second-order valence-electron chi connectivity index (χ2n) is 5.34. The number of para-hydroxylation sites is 1. The molecule has 0 amide bonds. The van der Waals surface area contributed by atoms with Crippen LogP contribution in [0.15, 0.2) is 30.3 Å². The van der Waals surface area contributed by atoms with Crippen molar-refractivity contribution in [2.24, 2.45) is 11.8 Å². The second-order valence-corrected chi connectivity index (χ2v) is 5.34. The van der Waals surface area contributed by atoms with Gasteiger partial charge in [0.2, 0.25) is 0 Å². The van der Waals surface area contributed by atoms with E-state index in [-0.39, 0.29) is 0 Å². The summed E-state index contributed by atoms with van der Waals surface area (Å²) in [6.07, 6.45) is 2.76. The Labute approximate surface area is 104 Å². The Kier molecular flexibility index (Phi) is 4.06. The van der Waals surface area contributed by atoms with E-state index >= 15 is 0 Å². The molecular weight excluding hydrogens is 210 g/mol. The van der Waals surface area contributed by atoms with Gasteiger partial charge in [-0.3, -0.25) is 0 Å². The predicted molar refractivity (Wildman–Crippen MR) is 71.3 cm³/mol. The van der Waals surface area contributed by atoms with Gasteiger partial charge in [-0.15, -0.1) is 0 Å². The number of ether oxygens (including phenoxy) is 1. The van der Waals surface area contributed by atoms with Gasteiger partial charge in [0.25, 0.3) is 0 Å². The number of rotatable bonds is 3. The Morgan fingerprint density at radius 1 is 1.12 bits per heavy atom. The molecule has 1 aromatic carbocycles. The highest BCUT2D eigenvalue weighted by atomic mass is 16.5. The molecule has 0 heterocycles. The highest BCUT2D eigenvalue weighted by molar-refractivity contribution is 5.21. The second kappa shape index (κ2) is 5.54. The van der Waals surface area contributed by atoms with Crippen LogP contribution in [0.3, 0.4) is 0 Å². The number of likely N-dealkylation sites (N-methyl/N-ethyl adjacent to an activating group) is 1. The van der Waals surface area contributed by atoms with Gasteiger partial charge >= 0.3 is 0 Å². The zero-order valence-corrected chi connectivity index (χ0v) is 11.0. The highest BCUT2D eigenvalue weighted by Gasteiger charge is 2.34. The van der Waals surface area contributed by atoms with Gasteiger partial charge in [-0.05, 0) is 43.9 Å². The van der Waals surface area contributed by atoms with E-state index in [1.807, 2.05) is 37.4 Å². The smallest absolute Gasteiger partial charge is 0.119 e. The highest BCUT2D eigenvalue weighted by Crippen LogP contribution is 2.31. The first-order valence-electron chi connectivity index (χ1n) is 6.59. The number of benzene rings is 1. The molecule has 17 heavy (non-hydrogen) atoms. The molecule has 2 heteroatoms. The van der Waals surface area contributed by atoms with E-state index in [9.17, 15) is 0 Å². The molecule has 1 aliphatic carbocycles. The van der Waals surface area contributed by atoms with Gasteiger partial charge in [0.05, 0.1) is 0 Å². The molecule has 94 valence electrons. The van der Waals surface area contributed by atoms with E-state index in [4.69, 9.17) is 4.74 Å². The quantitative estimate of drug-likeness (QED) is 0.866. The molecule has 1 fully saturated rings. The van der Waals surface area contributed by atoms with Crippen LogP contribution in [0.4, 0.5) is 0 Å². The van der Waals surface area contributed by atoms with Crippen LogP contribution >= 0.6 is 0 Å². The van der Waals surface area contributed by atoms with E-state index in [1.54, 1.807) is 0 Å². The largest absolute Gasteiger partial charge is 0.489 e. The van der Waals surface area contributed by atoms with Crippen molar-refractivity contribution in [1.82, 2.24) is 5.32 Å². The molecule has 0 saturated heterocycles. The van der Waals surface area contributed by atoms with Crippen LogP contribution in [0.1, 0.15) is 26.7 Å². The zero-order valence-electron chi connectivity index (χ0n) is 11.0. The van der Waals surface area contributed by atoms with Gasteiger partial charge in [0.15, 0.2) is 0 Å². The molecule has 0 aliphatic heterocycles. The minimum Gasteiger partial charge on any atom is -0.489 e. The molecule has 1 N–H and O–H groups in total. The first-order valence-corrected chi connectivity index (χ1v) is 6.59. The minimum atomic E-state index is 0.290. The lowest BCUT2D eigenvalue weighted by Gasteiger charge is -2.39. The zero-order chi connectivity index (χ0) is 12.3. The first kappa shape index (κ1) is 12.4. The van der Waals surface area contributed by atoms with Gasteiger partial charge in [0.1, 0.15) is 11.9 Å². The molecule has 1 saturated carbocycles. The predicted octanol–water partition coefficient (Wildman–Crippen LogP) is 3.09. The van der Waals surface area contributed by atoms with Crippen LogP contribution in [-0.4, -0.2) is 19.2 Å². The standard InChI is InChI=1S/C15H23NO/c1-11-9-12(2)15(14(10-11)16-3)17-13-7-5-4-6-8-13/h4-8,11-12,14-16H,9-10H2,1-3H3. The van der Waals surface area contributed by atoms with Crippen LogP contribution in [0, 0.1) is 11.8 Å². The summed E-state index contributed by atoms with van der Waals surface area (Å²) >= 11 is 0. The summed E-state index contributed by atoms with van der Waals surface area (Å²) in [6.45, 7) is 4.63. The molecule has 2 nitrogen and oxygen atoms in total. The van der Waals surface area contributed by atoms with E-state index in [2.05, 4.69) is 19.2 Å². The monoisotopic (exact) mass is 233 g/mol. The normalized spacial score (nSPS) is 33.4. The average Bonchev–Trinajstić information content (AvgIpc) is 2.33. The minimum absolute atomic E-state index is 0.290. The van der Waals surface area contributed by atoms with E-state index < -0.39 is 0 Å². The summed E-state index contributed by atoms with van der Waals surface area (Å²) in [5, 5.41) is 3.41. The van der Waals surface area contributed by atoms with Crippen molar-refractivity contribution in [3.05, 3.63) is 30.3 Å².